The van der Waals surface area contributed by atoms with Crippen molar-refractivity contribution in [3.63, 3.8) is 0 Å². The monoisotopic (exact) mass is 142 g/mol. The van der Waals surface area contributed by atoms with Crippen LogP contribution in [0, 0.1) is 0 Å². The Hall–Kier alpha value is -0.570. The van der Waals surface area contributed by atoms with E-state index in [2.05, 4.69) is 12.2 Å². The van der Waals surface area contributed by atoms with E-state index in [1.165, 1.54) is 0 Å². The molecule has 0 saturated carbocycles. The van der Waals surface area contributed by atoms with E-state index < -0.39 is 0 Å². The number of rotatable bonds is 1. The van der Waals surface area contributed by atoms with Gasteiger partial charge < -0.3 is 10.2 Å². The van der Waals surface area contributed by atoms with Gasteiger partial charge in [0.05, 0.1) is 0 Å². The van der Waals surface area contributed by atoms with Crippen LogP contribution in [0.1, 0.15) is 13.8 Å². The Labute approximate surface area is 61.4 Å². The SMILES string of the molecule is C[C@@H]1CN(C=O)[C@H](C)CN1. The van der Waals surface area contributed by atoms with E-state index in [4.69, 9.17) is 0 Å². The standard InChI is InChI=1S/C7H14N2O/c1-6-4-9(5-10)7(2)3-8-6/h5-8H,3-4H2,1-2H3/t6-,7-/m1/s1. The van der Waals surface area contributed by atoms with Crippen molar-refractivity contribution in [2.45, 2.75) is 25.9 Å². The molecule has 3 heteroatoms. The number of hydrogen-bond donors (Lipinski definition) is 1. The summed E-state index contributed by atoms with van der Waals surface area (Å²) in [6, 6.07) is 0.801. The van der Waals surface area contributed by atoms with Crippen LogP contribution in [0.25, 0.3) is 0 Å². The van der Waals surface area contributed by atoms with Crippen LogP contribution in [0.5, 0.6) is 0 Å². The van der Waals surface area contributed by atoms with Crippen LogP contribution < -0.4 is 5.32 Å². The lowest BCUT2D eigenvalue weighted by molar-refractivity contribution is -0.121. The third kappa shape index (κ3) is 1.48. The average Bonchev–Trinajstić information content (AvgIpc) is 1.94. The molecule has 58 valence electrons. The van der Waals surface area contributed by atoms with Gasteiger partial charge in [-0.2, -0.15) is 0 Å². The molecule has 3 nitrogen and oxygen atoms in total. The third-order valence-electron chi connectivity index (χ3n) is 1.95. The van der Waals surface area contributed by atoms with Crippen molar-refractivity contribution < 1.29 is 4.79 Å². The van der Waals surface area contributed by atoms with Crippen molar-refractivity contribution in [1.29, 1.82) is 0 Å². The lowest BCUT2D eigenvalue weighted by atomic mass is 10.2. The maximum Gasteiger partial charge on any atom is 0.210 e. The van der Waals surface area contributed by atoms with Crippen molar-refractivity contribution >= 4 is 6.41 Å². The van der Waals surface area contributed by atoms with Crippen LogP contribution in [0.15, 0.2) is 0 Å². The third-order valence-corrected chi connectivity index (χ3v) is 1.95. The molecule has 1 aliphatic rings. The molecule has 1 fully saturated rings. The number of piperazine rings is 1. The predicted molar refractivity (Wildman–Crippen MR) is 39.7 cm³/mol. The fourth-order valence-electron chi connectivity index (χ4n) is 1.20. The second kappa shape index (κ2) is 3.01. The lowest BCUT2D eigenvalue weighted by Crippen LogP contribution is -2.53. The second-order valence-electron chi connectivity index (χ2n) is 2.96. The van der Waals surface area contributed by atoms with Gasteiger partial charge in [0.15, 0.2) is 0 Å². The van der Waals surface area contributed by atoms with Gasteiger partial charge in [0.25, 0.3) is 0 Å². The molecule has 0 spiro atoms. The van der Waals surface area contributed by atoms with Crippen molar-refractivity contribution in [3.8, 4) is 0 Å². The Balaban J connectivity index is 2.45. The summed E-state index contributed by atoms with van der Waals surface area (Å²) in [5.74, 6) is 0. The molecule has 2 atom stereocenters. The molecule has 0 aromatic heterocycles. The summed E-state index contributed by atoms with van der Waals surface area (Å²) in [6.07, 6.45) is 0.933. The summed E-state index contributed by atoms with van der Waals surface area (Å²) >= 11 is 0. The maximum absolute atomic E-state index is 10.4. The first kappa shape index (κ1) is 7.54. The van der Waals surface area contributed by atoms with Crippen molar-refractivity contribution in [2.24, 2.45) is 0 Å². The molecular weight excluding hydrogens is 128 g/mol. The zero-order valence-corrected chi connectivity index (χ0v) is 6.50. The van der Waals surface area contributed by atoms with E-state index in [9.17, 15) is 4.79 Å². The Morgan fingerprint density at radius 2 is 2.30 bits per heavy atom. The van der Waals surface area contributed by atoms with Crippen LogP contribution in [0.4, 0.5) is 0 Å². The number of nitrogens with one attached hydrogen (secondary N) is 1. The zero-order chi connectivity index (χ0) is 7.56. The van der Waals surface area contributed by atoms with E-state index in [0.29, 0.717) is 12.1 Å². The van der Waals surface area contributed by atoms with Gasteiger partial charge in [-0.05, 0) is 13.8 Å². The minimum Gasteiger partial charge on any atom is -0.340 e. The highest BCUT2D eigenvalue weighted by molar-refractivity contribution is 5.48. The Morgan fingerprint density at radius 3 is 2.80 bits per heavy atom. The Morgan fingerprint density at radius 1 is 1.60 bits per heavy atom. The van der Waals surface area contributed by atoms with Crippen molar-refractivity contribution in [2.75, 3.05) is 13.1 Å². The summed E-state index contributed by atoms with van der Waals surface area (Å²) in [7, 11) is 0. The smallest absolute Gasteiger partial charge is 0.210 e. The topological polar surface area (TPSA) is 32.3 Å². The normalized spacial score (nSPS) is 34.0. The molecule has 0 aromatic carbocycles. The first-order valence-corrected chi connectivity index (χ1v) is 3.68. The minimum atomic E-state index is 0.355. The Kier molecular flexibility index (Phi) is 2.27. The van der Waals surface area contributed by atoms with Crippen LogP contribution in [-0.4, -0.2) is 36.5 Å². The van der Waals surface area contributed by atoms with Crippen LogP contribution in [-0.2, 0) is 4.79 Å². The number of carbonyl (C=O) groups is 1. The molecule has 1 rings (SSSR count). The largest absolute Gasteiger partial charge is 0.340 e. The van der Waals surface area contributed by atoms with Gasteiger partial charge in [-0.3, -0.25) is 4.79 Å². The van der Waals surface area contributed by atoms with E-state index in [0.717, 1.165) is 19.5 Å². The molecular formula is C7H14N2O. The highest BCUT2D eigenvalue weighted by Crippen LogP contribution is 2.02. The highest BCUT2D eigenvalue weighted by Gasteiger charge is 2.19. The fraction of sp³-hybridized carbons (Fsp3) is 0.857. The number of hydrogen-bond acceptors (Lipinski definition) is 2. The molecule has 0 aliphatic carbocycles. The number of amides is 1. The highest BCUT2D eigenvalue weighted by atomic mass is 16.1. The minimum absolute atomic E-state index is 0.355. The van der Waals surface area contributed by atoms with Gasteiger partial charge in [-0.15, -0.1) is 0 Å². The molecule has 1 aliphatic heterocycles. The maximum atomic E-state index is 10.4. The summed E-state index contributed by atoms with van der Waals surface area (Å²) in [5, 5.41) is 3.30. The van der Waals surface area contributed by atoms with Gasteiger partial charge in [-0.1, -0.05) is 0 Å². The quantitative estimate of drug-likeness (QED) is 0.515. The van der Waals surface area contributed by atoms with Crippen LogP contribution in [0.2, 0.25) is 0 Å². The molecule has 0 bridgehead atoms. The summed E-state index contributed by atoms with van der Waals surface area (Å²) in [6.45, 7) is 5.89. The molecule has 1 amide bonds. The second-order valence-corrected chi connectivity index (χ2v) is 2.96. The Bertz CT molecular complexity index is 127. The van der Waals surface area contributed by atoms with Gasteiger partial charge >= 0.3 is 0 Å². The zero-order valence-electron chi connectivity index (χ0n) is 6.50. The van der Waals surface area contributed by atoms with Gasteiger partial charge in [0, 0.05) is 25.2 Å². The van der Waals surface area contributed by atoms with Gasteiger partial charge in [-0.25, -0.2) is 0 Å². The van der Waals surface area contributed by atoms with E-state index in [1.807, 2.05) is 11.8 Å². The molecule has 1 N–H and O–H groups in total. The first-order chi connectivity index (χ1) is 4.74. The van der Waals surface area contributed by atoms with E-state index in [-0.39, 0.29) is 0 Å². The molecule has 1 saturated heterocycles. The molecule has 1 heterocycles. The summed E-state index contributed by atoms with van der Waals surface area (Å²) in [4.78, 5) is 12.2. The number of nitrogens with zero attached hydrogens (tertiary/aromatic N) is 1. The molecule has 10 heavy (non-hydrogen) atoms. The molecule has 0 aromatic rings. The first-order valence-electron chi connectivity index (χ1n) is 3.68. The van der Waals surface area contributed by atoms with Gasteiger partial charge in [0.1, 0.15) is 0 Å². The summed E-state index contributed by atoms with van der Waals surface area (Å²) < 4.78 is 0. The van der Waals surface area contributed by atoms with E-state index in [1.54, 1.807) is 0 Å². The molecule has 0 unspecified atom stereocenters. The fourth-order valence-corrected chi connectivity index (χ4v) is 1.20. The van der Waals surface area contributed by atoms with E-state index >= 15 is 0 Å². The van der Waals surface area contributed by atoms with Gasteiger partial charge in [0.2, 0.25) is 6.41 Å². The average molecular weight is 142 g/mol. The predicted octanol–water partition coefficient (Wildman–Crippen LogP) is -0.175. The number of carbonyl (C=O) groups excluding carboxylic acids is 1. The summed E-state index contributed by atoms with van der Waals surface area (Å²) in [5.41, 5.74) is 0. The van der Waals surface area contributed by atoms with Crippen LogP contribution >= 0.6 is 0 Å². The van der Waals surface area contributed by atoms with Crippen LogP contribution in [0.3, 0.4) is 0 Å². The van der Waals surface area contributed by atoms with Crippen molar-refractivity contribution in [1.82, 2.24) is 10.2 Å². The molecule has 0 radical (unpaired) electrons. The lowest BCUT2D eigenvalue weighted by Gasteiger charge is -2.34. The van der Waals surface area contributed by atoms with Crippen molar-refractivity contribution in [3.05, 3.63) is 0 Å².